The third-order valence-electron chi connectivity index (χ3n) is 3.50. The Balaban J connectivity index is 1.55. The van der Waals surface area contributed by atoms with Crippen molar-refractivity contribution in [2.45, 2.75) is 18.2 Å². The van der Waals surface area contributed by atoms with Crippen LogP contribution in [0.25, 0.3) is 0 Å². The number of hydrogen-bond donors (Lipinski definition) is 2. The number of hydrogen-bond acceptors (Lipinski definition) is 6. The lowest BCUT2D eigenvalue weighted by Gasteiger charge is -2.06. The van der Waals surface area contributed by atoms with Gasteiger partial charge in [0.05, 0.1) is 16.5 Å². The molecule has 2 aromatic carbocycles. The van der Waals surface area contributed by atoms with Crippen molar-refractivity contribution in [1.82, 2.24) is 10.2 Å². The van der Waals surface area contributed by atoms with Crippen molar-refractivity contribution < 1.29 is 4.79 Å². The van der Waals surface area contributed by atoms with Crippen molar-refractivity contribution in [2.24, 2.45) is 0 Å². The number of nitrogens with one attached hydrogen (secondary N) is 2. The summed E-state index contributed by atoms with van der Waals surface area (Å²) in [6.45, 7) is 4.11. The van der Waals surface area contributed by atoms with Crippen LogP contribution in [0.1, 0.15) is 11.1 Å². The van der Waals surface area contributed by atoms with Crippen LogP contribution in [0.2, 0.25) is 5.02 Å². The van der Waals surface area contributed by atoms with Gasteiger partial charge in [0, 0.05) is 5.69 Å². The number of nitrogens with zero attached hydrogens (tertiary/aromatic N) is 2. The van der Waals surface area contributed by atoms with E-state index in [0.717, 1.165) is 15.6 Å². The van der Waals surface area contributed by atoms with Crippen LogP contribution in [0.3, 0.4) is 0 Å². The molecule has 0 saturated heterocycles. The monoisotopic (exact) mass is 404 g/mol. The molecule has 2 N–H and O–H groups in total. The number of benzene rings is 2. The minimum Gasteiger partial charge on any atom is -0.330 e. The molecule has 8 heteroatoms. The number of para-hydroxylation sites is 1. The topological polar surface area (TPSA) is 66.9 Å². The summed E-state index contributed by atoms with van der Waals surface area (Å²) in [5.41, 5.74) is 3.97. The Kier molecular flexibility index (Phi) is 6.13. The second-order valence-electron chi connectivity index (χ2n) is 5.63. The first-order valence-electron chi connectivity index (χ1n) is 7.86. The van der Waals surface area contributed by atoms with Gasteiger partial charge in [0.1, 0.15) is 0 Å². The number of thioether (sulfide) groups is 1. The highest BCUT2D eigenvalue weighted by Gasteiger charge is 2.10. The number of carbonyl (C=O) groups excluding carboxylic acids is 1. The zero-order chi connectivity index (χ0) is 18.5. The van der Waals surface area contributed by atoms with Gasteiger partial charge in [0.15, 0.2) is 4.34 Å². The molecule has 0 atom stereocenters. The average Bonchev–Trinajstić information content (AvgIpc) is 3.05. The van der Waals surface area contributed by atoms with Gasteiger partial charge in [-0.05, 0) is 37.6 Å². The van der Waals surface area contributed by atoms with Gasteiger partial charge >= 0.3 is 0 Å². The Morgan fingerprint density at radius 1 is 1.15 bits per heavy atom. The Morgan fingerprint density at radius 3 is 2.73 bits per heavy atom. The second kappa shape index (κ2) is 8.53. The Labute approximate surface area is 165 Å². The van der Waals surface area contributed by atoms with Crippen molar-refractivity contribution in [3.05, 3.63) is 58.6 Å². The third kappa shape index (κ3) is 4.97. The van der Waals surface area contributed by atoms with Crippen molar-refractivity contribution in [2.75, 3.05) is 16.4 Å². The molecule has 1 heterocycles. The summed E-state index contributed by atoms with van der Waals surface area (Å²) in [6.07, 6.45) is 0. The smallest absolute Gasteiger partial charge is 0.234 e. The fraction of sp³-hybridized carbons (Fsp3) is 0.167. The number of anilines is 3. The molecule has 0 unspecified atom stereocenters. The molecule has 0 saturated carbocycles. The largest absolute Gasteiger partial charge is 0.330 e. The highest BCUT2D eigenvalue weighted by Crippen LogP contribution is 2.29. The summed E-state index contributed by atoms with van der Waals surface area (Å²) >= 11 is 8.80. The van der Waals surface area contributed by atoms with Crippen LogP contribution in [0.15, 0.2) is 46.8 Å². The van der Waals surface area contributed by atoms with Gasteiger partial charge in [-0.3, -0.25) is 4.79 Å². The van der Waals surface area contributed by atoms with Crippen molar-refractivity contribution >= 4 is 57.1 Å². The van der Waals surface area contributed by atoms with E-state index >= 15 is 0 Å². The van der Waals surface area contributed by atoms with E-state index in [1.165, 1.54) is 28.7 Å². The Bertz CT molecular complexity index is 929. The van der Waals surface area contributed by atoms with Crippen LogP contribution < -0.4 is 10.6 Å². The lowest BCUT2D eigenvalue weighted by atomic mass is 10.1. The van der Waals surface area contributed by atoms with Gasteiger partial charge < -0.3 is 10.6 Å². The molecule has 3 aromatic rings. The normalized spacial score (nSPS) is 10.6. The molecule has 26 heavy (non-hydrogen) atoms. The molecular formula is C18H17ClN4OS2. The molecule has 0 fully saturated rings. The molecule has 0 spiro atoms. The first-order valence-corrected chi connectivity index (χ1v) is 10.0. The van der Waals surface area contributed by atoms with Crippen LogP contribution in [0.4, 0.5) is 16.5 Å². The van der Waals surface area contributed by atoms with Crippen molar-refractivity contribution in [1.29, 1.82) is 0 Å². The van der Waals surface area contributed by atoms with Gasteiger partial charge in [0.2, 0.25) is 11.0 Å². The second-order valence-corrected chi connectivity index (χ2v) is 8.24. The van der Waals surface area contributed by atoms with Crippen LogP contribution in [0.5, 0.6) is 0 Å². The fourth-order valence-corrected chi connectivity index (χ4v) is 4.01. The highest BCUT2D eigenvalue weighted by atomic mass is 35.5. The van der Waals surface area contributed by atoms with E-state index in [1.807, 2.05) is 31.2 Å². The molecule has 1 amide bonds. The highest BCUT2D eigenvalue weighted by molar-refractivity contribution is 8.01. The van der Waals surface area contributed by atoms with Gasteiger partial charge in [-0.15, -0.1) is 10.2 Å². The van der Waals surface area contributed by atoms with E-state index in [-0.39, 0.29) is 11.7 Å². The summed E-state index contributed by atoms with van der Waals surface area (Å²) in [4.78, 5) is 12.1. The predicted molar refractivity (Wildman–Crippen MR) is 110 cm³/mol. The zero-order valence-corrected chi connectivity index (χ0v) is 16.6. The van der Waals surface area contributed by atoms with E-state index < -0.39 is 0 Å². The molecule has 0 aliphatic rings. The average molecular weight is 405 g/mol. The number of aromatic nitrogens is 2. The first kappa shape index (κ1) is 18.7. The van der Waals surface area contributed by atoms with Gasteiger partial charge in [-0.25, -0.2) is 0 Å². The van der Waals surface area contributed by atoms with Gasteiger partial charge in [-0.2, -0.15) is 0 Å². The summed E-state index contributed by atoms with van der Waals surface area (Å²) in [7, 11) is 0. The van der Waals surface area contributed by atoms with E-state index in [4.69, 9.17) is 11.6 Å². The first-order chi connectivity index (χ1) is 12.5. The van der Waals surface area contributed by atoms with Crippen LogP contribution >= 0.6 is 34.7 Å². The zero-order valence-electron chi connectivity index (χ0n) is 14.2. The summed E-state index contributed by atoms with van der Waals surface area (Å²) < 4.78 is 0.728. The minimum atomic E-state index is -0.137. The number of aryl methyl sites for hydroxylation is 2. The van der Waals surface area contributed by atoms with Gasteiger partial charge in [-0.1, -0.05) is 64.5 Å². The summed E-state index contributed by atoms with van der Waals surface area (Å²) in [5, 5.41) is 15.5. The van der Waals surface area contributed by atoms with Crippen LogP contribution in [-0.2, 0) is 4.79 Å². The van der Waals surface area contributed by atoms with E-state index in [1.54, 1.807) is 12.1 Å². The molecule has 1 aromatic heterocycles. The molecule has 0 aliphatic carbocycles. The number of rotatable bonds is 6. The Hall–Kier alpha value is -2.09. The molecule has 0 bridgehead atoms. The number of carbonyl (C=O) groups is 1. The Morgan fingerprint density at radius 2 is 1.96 bits per heavy atom. The molecule has 0 aliphatic heterocycles. The summed E-state index contributed by atoms with van der Waals surface area (Å²) in [5.74, 6) is 0.103. The molecule has 134 valence electrons. The lowest BCUT2D eigenvalue weighted by molar-refractivity contribution is -0.113. The standard InChI is InChI=1S/C18H17ClN4OS2/c1-11-7-8-14(12(2)9-11)21-17-22-23-18(26-17)25-10-16(24)20-15-6-4-3-5-13(15)19/h3-9H,10H2,1-2H3,(H,20,24)(H,21,22). The molecule has 5 nitrogen and oxygen atoms in total. The van der Waals surface area contributed by atoms with Crippen LogP contribution in [0, 0.1) is 13.8 Å². The third-order valence-corrected chi connectivity index (χ3v) is 5.81. The van der Waals surface area contributed by atoms with E-state index in [2.05, 4.69) is 33.8 Å². The van der Waals surface area contributed by atoms with E-state index in [0.29, 0.717) is 15.8 Å². The van der Waals surface area contributed by atoms with Crippen molar-refractivity contribution in [3.63, 3.8) is 0 Å². The van der Waals surface area contributed by atoms with Crippen molar-refractivity contribution in [3.8, 4) is 0 Å². The maximum Gasteiger partial charge on any atom is 0.234 e. The number of halogens is 1. The minimum absolute atomic E-state index is 0.137. The molecule has 3 rings (SSSR count). The van der Waals surface area contributed by atoms with Gasteiger partial charge in [0.25, 0.3) is 0 Å². The molecular weight excluding hydrogens is 388 g/mol. The fourth-order valence-electron chi connectivity index (χ4n) is 2.26. The van der Waals surface area contributed by atoms with E-state index in [9.17, 15) is 4.79 Å². The maximum atomic E-state index is 12.1. The SMILES string of the molecule is Cc1ccc(Nc2nnc(SCC(=O)Nc3ccccc3Cl)s2)c(C)c1. The molecule has 0 radical (unpaired) electrons. The lowest BCUT2D eigenvalue weighted by Crippen LogP contribution is -2.14. The van der Waals surface area contributed by atoms with Crippen LogP contribution in [-0.4, -0.2) is 21.9 Å². The predicted octanol–water partition coefficient (Wildman–Crippen LogP) is 5.28. The quantitative estimate of drug-likeness (QED) is 0.547. The number of amides is 1. The summed E-state index contributed by atoms with van der Waals surface area (Å²) in [6, 6.07) is 13.3. The maximum absolute atomic E-state index is 12.1.